The average molecular weight is 248 g/mol. The molecule has 4 rings (SSSR count). The lowest BCUT2D eigenvalue weighted by atomic mass is 10.0. The van der Waals surface area contributed by atoms with Gasteiger partial charge in [-0.2, -0.15) is 0 Å². The largest absolute Gasteiger partial charge is 0.386 e. The van der Waals surface area contributed by atoms with E-state index in [9.17, 15) is 9.59 Å². The summed E-state index contributed by atoms with van der Waals surface area (Å²) >= 11 is 0. The molecule has 1 aromatic rings. The van der Waals surface area contributed by atoms with Crippen LogP contribution in [0.3, 0.4) is 0 Å². The van der Waals surface area contributed by atoms with Gasteiger partial charge in [0.25, 0.3) is 0 Å². The van der Waals surface area contributed by atoms with Crippen LogP contribution in [0.15, 0.2) is 42.5 Å². The summed E-state index contributed by atoms with van der Waals surface area (Å²) in [5, 5.41) is 0. The minimum absolute atomic E-state index is 0.204. The molecule has 0 radical (unpaired) electrons. The molecule has 0 unspecified atom stereocenters. The quantitative estimate of drug-likeness (QED) is 0.349. The van der Waals surface area contributed by atoms with Gasteiger partial charge in [0.05, 0.1) is 11.1 Å². The van der Waals surface area contributed by atoms with Gasteiger partial charge in [0.2, 0.25) is 0 Å². The second-order valence-electron chi connectivity index (χ2n) is 4.13. The maximum absolute atomic E-state index is 11.1. The molecule has 3 heteroatoms. The Balaban J connectivity index is 0.000000151. The summed E-state index contributed by atoms with van der Waals surface area (Å²) in [5.41, 5.74) is 3.70. The maximum atomic E-state index is 11.1. The molecular formula is C16H8O3. The van der Waals surface area contributed by atoms with Gasteiger partial charge in [0.1, 0.15) is 0 Å². The fourth-order valence-electron chi connectivity index (χ4n) is 1.93. The first-order chi connectivity index (χ1) is 9.20. The number of esters is 2. The van der Waals surface area contributed by atoms with Crippen molar-refractivity contribution in [2.75, 3.05) is 0 Å². The molecule has 0 saturated carbocycles. The maximum Gasteiger partial charge on any atom is 0.348 e. The lowest BCUT2D eigenvalue weighted by molar-refractivity contribution is 0.0443. The summed E-state index contributed by atoms with van der Waals surface area (Å²) in [7, 11) is 0. The van der Waals surface area contributed by atoms with E-state index in [2.05, 4.69) is 34.9 Å². The van der Waals surface area contributed by atoms with E-state index in [-0.39, 0.29) is 11.1 Å². The van der Waals surface area contributed by atoms with Crippen molar-refractivity contribution in [1.29, 1.82) is 0 Å². The Kier molecular flexibility index (Phi) is 2.43. The number of carbonyl (C=O) groups excluding carboxylic acids is 2. The third-order valence-electron chi connectivity index (χ3n) is 2.94. The van der Waals surface area contributed by atoms with Gasteiger partial charge >= 0.3 is 11.9 Å². The van der Waals surface area contributed by atoms with Gasteiger partial charge in [-0.05, 0) is 29.3 Å². The monoisotopic (exact) mass is 248 g/mol. The fraction of sp³-hybridized carbons (Fsp3) is 0. The highest BCUT2D eigenvalue weighted by molar-refractivity contribution is 6.15. The van der Waals surface area contributed by atoms with Crippen molar-refractivity contribution in [2.24, 2.45) is 0 Å². The molecule has 0 atom stereocenters. The minimum atomic E-state index is -0.659. The zero-order chi connectivity index (χ0) is 13.4. The van der Waals surface area contributed by atoms with Crippen LogP contribution in [0.25, 0.3) is 11.1 Å². The molecule has 0 amide bonds. The Bertz CT molecular complexity index is 734. The van der Waals surface area contributed by atoms with Crippen LogP contribution in [0.2, 0.25) is 0 Å². The molecule has 0 saturated heterocycles. The Labute approximate surface area is 109 Å². The van der Waals surface area contributed by atoms with Crippen LogP contribution in [0, 0.1) is 12.3 Å². The van der Waals surface area contributed by atoms with Gasteiger partial charge in [0, 0.05) is 5.56 Å². The summed E-state index contributed by atoms with van der Waals surface area (Å²) < 4.78 is 4.40. The van der Waals surface area contributed by atoms with E-state index >= 15 is 0 Å². The van der Waals surface area contributed by atoms with Gasteiger partial charge in [-0.1, -0.05) is 30.2 Å². The van der Waals surface area contributed by atoms with Crippen LogP contribution >= 0.6 is 0 Å². The van der Waals surface area contributed by atoms with Gasteiger partial charge in [-0.25, -0.2) is 9.59 Å². The van der Waals surface area contributed by atoms with Crippen LogP contribution in [0.5, 0.6) is 0 Å². The topological polar surface area (TPSA) is 43.4 Å². The molecule has 19 heavy (non-hydrogen) atoms. The number of ether oxygens (including phenoxy) is 1. The second kappa shape index (κ2) is 4.11. The minimum Gasteiger partial charge on any atom is -0.386 e. The summed E-state index contributed by atoms with van der Waals surface area (Å²) in [6.07, 6.45) is 5.16. The molecule has 0 fully saturated rings. The van der Waals surface area contributed by atoms with Gasteiger partial charge in [0.15, 0.2) is 0 Å². The van der Waals surface area contributed by atoms with Crippen molar-refractivity contribution in [3.05, 3.63) is 59.2 Å². The predicted molar refractivity (Wildman–Crippen MR) is 69.6 cm³/mol. The summed E-state index contributed by atoms with van der Waals surface area (Å²) in [6, 6.07) is 13.2. The smallest absolute Gasteiger partial charge is 0.348 e. The number of hydrogen-bond acceptors (Lipinski definition) is 3. The highest BCUT2D eigenvalue weighted by Gasteiger charge is 2.31. The van der Waals surface area contributed by atoms with E-state index in [1.165, 1.54) is 17.2 Å². The van der Waals surface area contributed by atoms with Crippen LogP contribution in [0.4, 0.5) is 0 Å². The molecule has 0 aromatic heterocycles. The average Bonchev–Trinajstić information content (AvgIpc) is 2.91. The zero-order valence-corrected chi connectivity index (χ0v) is 9.84. The second-order valence-corrected chi connectivity index (χ2v) is 4.13. The lowest BCUT2D eigenvalue weighted by Crippen LogP contribution is -1.98. The van der Waals surface area contributed by atoms with Gasteiger partial charge in [-0.15, -0.1) is 6.42 Å². The van der Waals surface area contributed by atoms with Crippen molar-refractivity contribution in [3.8, 4) is 23.5 Å². The van der Waals surface area contributed by atoms with E-state index in [0.29, 0.717) is 5.56 Å². The van der Waals surface area contributed by atoms with E-state index in [4.69, 9.17) is 6.42 Å². The molecule has 1 aliphatic heterocycles. The van der Waals surface area contributed by atoms with Crippen molar-refractivity contribution in [3.63, 3.8) is 0 Å². The molecule has 1 heterocycles. The van der Waals surface area contributed by atoms with Gasteiger partial charge < -0.3 is 4.74 Å². The lowest BCUT2D eigenvalue weighted by Gasteiger charge is -1.94. The van der Waals surface area contributed by atoms with E-state index < -0.39 is 11.9 Å². The van der Waals surface area contributed by atoms with Gasteiger partial charge in [-0.3, -0.25) is 0 Å². The third-order valence-corrected chi connectivity index (χ3v) is 2.94. The number of cyclic esters (lactones) is 2. The Hall–Kier alpha value is -2.86. The number of rotatable bonds is 0. The molecule has 0 N–H and O–H groups in total. The molecule has 3 nitrogen and oxygen atoms in total. The number of fused-ring (bicyclic) bond motifs is 2. The Morgan fingerprint density at radius 2 is 1.63 bits per heavy atom. The van der Waals surface area contributed by atoms with Crippen molar-refractivity contribution >= 4 is 11.9 Å². The molecule has 3 aliphatic rings. The summed E-state index contributed by atoms with van der Waals surface area (Å²) in [6.45, 7) is 0. The molecule has 0 spiro atoms. The summed E-state index contributed by atoms with van der Waals surface area (Å²) in [4.78, 5) is 22.1. The van der Waals surface area contributed by atoms with Crippen molar-refractivity contribution in [1.82, 2.24) is 0 Å². The van der Waals surface area contributed by atoms with Crippen LogP contribution in [-0.4, -0.2) is 11.9 Å². The van der Waals surface area contributed by atoms with Crippen LogP contribution in [-0.2, 0) is 4.74 Å². The van der Waals surface area contributed by atoms with Crippen molar-refractivity contribution < 1.29 is 14.3 Å². The van der Waals surface area contributed by atoms with E-state index in [1.54, 1.807) is 12.1 Å². The first kappa shape index (κ1) is 11.2. The molecule has 1 aromatic carbocycles. The van der Waals surface area contributed by atoms with Crippen LogP contribution < -0.4 is 0 Å². The molecule has 0 bridgehead atoms. The molecule has 90 valence electrons. The van der Waals surface area contributed by atoms with E-state index in [1.807, 2.05) is 0 Å². The normalized spacial score (nSPS) is 12.8. The number of terminal acetylenes is 1. The standard InChI is InChI=1S/C10H4O3.C6H4/c1-2-6-4-3-5-7-8(6)10(12)13-9(7)11;1-2-5-4-6(5)3-1/h1,3-5H;1-4H. The predicted octanol–water partition coefficient (Wildman–Crippen LogP) is 2.65. The van der Waals surface area contributed by atoms with Crippen molar-refractivity contribution in [2.45, 2.75) is 0 Å². The number of carbonyl (C=O) groups is 2. The van der Waals surface area contributed by atoms with E-state index in [0.717, 1.165) is 0 Å². The molecule has 2 aliphatic carbocycles. The van der Waals surface area contributed by atoms with Crippen LogP contribution in [0.1, 0.15) is 26.3 Å². The highest BCUT2D eigenvalue weighted by atomic mass is 16.6. The number of hydrogen-bond donors (Lipinski definition) is 0. The fourth-order valence-corrected chi connectivity index (χ4v) is 1.93. The summed E-state index contributed by atoms with van der Waals surface area (Å²) in [5.74, 6) is 1.04. The first-order valence-electron chi connectivity index (χ1n) is 5.67. The Morgan fingerprint density at radius 1 is 0.947 bits per heavy atom. The third kappa shape index (κ3) is 1.90. The SMILES string of the molecule is C#Cc1cccc2c1C(=O)OC2=O.c1cc2cc-2c1. The Morgan fingerprint density at radius 3 is 2.16 bits per heavy atom. The number of benzene rings is 2. The molecular weight excluding hydrogens is 240 g/mol. The first-order valence-corrected chi connectivity index (χ1v) is 5.67. The highest BCUT2D eigenvalue weighted by Crippen LogP contribution is 2.32. The zero-order valence-electron chi connectivity index (χ0n) is 9.84.